The lowest BCUT2D eigenvalue weighted by Gasteiger charge is -2.55. The smallest absolute Gasteiger partial charge is 0.410 e. The second-order valence-corrected chi connectivity index (χ2v) is 8.96. The summed E-state index contributed by atoms with van der Waals surface area (Å²) in [7, 11) is 0. The normalized spacial score (nSPS) is 38.8. The van der Waals surface area contributed by atoms with Crippen LogP contribution in [-0.4, -0.2) is 42.1 Å². The highest BCUT2D eigenvalue weighted by molar-refractivity contribution is 5.83. The van der Waals surface area contributed by atoms with Crippen molar-refractivity contribution >= 4 is 12.0 Å². The molecule has 0 aromatic rings. The van der Waals surface area contributed by atoms with Crippen LogP contribution in [0.5, 0.6) is 0 Å². The first-order valence-corrected chi connectivity index (χ1v) is 9.11. The minimum Gasteiger partial charge on any atom is -0.448 e. The largest absolute Gasteiger partial charge is 0.448 e. The summed E-state index contributed by atoms with van der Waals surface area (Å²) in [4.78, 5) is 26.5. The minimum atomic E-state index is -0.397. The van der Waals surface area contributed by atoms with E-state index in [1.165, 1.54) is 19.3 Å². The van der Waals surface area contributed by atoms with Crippen LogP contribution in [0.3, 0.4) is 0 Å². The molecule has 128 valence electrons. The van der Waals surface area contributed by atoms with Gasteiger partial charge < -0.3 is 10.1 Å². The number of hydrogen-bond donors (Lipinski definition) is 1. The summed E-state index contributed by atoms with van der Waals surface area (Å²) >= 11 is 0. The first-order chi connectivity index (χ1) is 10.9. The Labute approximate surface area is 138 Å². The molecule has 5 fully saturated rings. The fourth-order valence-corrected chi connectivity index (χ4v) is 5.91. The van der Waals surface area contributed by atoms with E-state index in [0.29, 0.717) is 19.7 Å². The molecule has 5 rings (SSSR count). The van der Waals surface area contributed by atoms with Crippen LogP contribution >= 0.6 is 0 Å². The van der Waals surface area contributed by atoms with Crippen LogP contribution in [0.2, 0.25) is 0 Å². The van der Waals surface area contributed by atoms with Crippen molar-refractivity contribution in [2.45, 2.75) is 57.9 Å². The van der Waals surface area contributed by atoms with Gasteiger partial charge in [-0.25, -0.2) is 4.79 Å². The molecule has 0 spiro atoms. The van der Waals surface area contributed by atoms with Crippen LogP contribution in [0.15, 0.2) is 0 Å². The van der Waals surface area contributed by atoms with Gasteiger partial charge in [0.25, 0.3) is 0 Å². The molecule has 1 N–H and O–H groups in total. The van der Waals surface area contributed by atoms with Gasteiger partial charge in [0.2, 0.25) is 5.91 Å². The molecule has 1 heterocycles. The Morgan fingerprint density at radius 2 is 1.78 bits per heavy atom. The van der Waals surface area contributed by atoms with Crippen molar-refractivity contribution in [3.05, 3.63) is 0 Å². The van der Waals surface area contributed by atoms with E-state index < -0.39 is 5.54 Å². The highest BCUT2D eigenvalue weighted by Crippen LogP contribution is 2.60. The molecule has 4 bridgehead atoms. The zero-order valence-corrected chi connectivity index (χ0v) is 14.3. The van der Waals surface area contributed by atoms with Crippen molar-refractivity contribution < 1.29 is 14.3 Å². The number of carbonyl (C=O) groups excluding carboxylic acids is 2. The number of rotatable bonds is 4. The summed E-state index contributed by atoms with van der Waals surface area (Å²) in [5.74, 6) is 2.55. The molecule has 5 nitrogen and oxygen atoms in total. The van der Waals surface area contributed by atoms with Crippen molar-refractivity contribution in [2.24, 2.45) is 23.2 Å². The van der Waals surface area contributed by atoms with E-state index in [9.17, 15) is 9.59 Å². The fourth-order valence-electron chi connectivity index (χ4n) is 5.91. The molecule has 1 saturated heterocycles. The van der Waals surface area contributed by atoms with E-state index in [1.807, 2.05) is 13.8 Å². The molecule has 0 atom stereocenters. The van der Waals surface area contributed by atoms with Crippen LogP contribution in [0, 0.1) is 23.2 Å². The number of hydrogen-bond acceptors (Lipinski definition) is 3. The van der Waals surface area contributed by atoms with E-state index in [-0.39, 0.29) is 17.4 Å². The number of nitrogens with one attached hydrogen (secondary N) is 1. The Morgan fingerprint density at radius 3 is 2.26 bits per heavy atom. The summed E-state index contributed by atoms with van der Waals surface area (Å²) in [6, 6.07) is 0. The van der Waals surface area contributed by atoms with Gasteiger partial charge in [-0.05, 0) is 70.1 Å². The molecule has 2 amide bonds. The quantitative estimate of drug-likeness (QED) is 0.866. The summed E-state index contributed by atoms with van der Waals surface area (Å²) < 4.78 is 5.03. The van der Waals surface area contributed by atoms with Gasteiger partial charge >= 0.3 is 6.09 Å². The molecule has 23 heavy (non-hydrogen) atoms. The van der Waals surface area contributed by atoms with Gasteiger partial charge in [0.1, 0.15) is 6.61 Å². The number of carbonyl (C=O) groups is 2. The zero-order valence-electron chi connectivity index (χ0n) is 14.3. The van der Waals surface area contributed by atoms with Crippen molar-refractivity contribution in [1.82, 2.24) is 10.2 Å². The number of cyclic esters (lactones) is 1. The van der Waals surface area contributed by atoms with Gasteiger partial charge in [-0.2, -0.15) is 0 Å². The number of nitrogens with zero attached hydrogens (tertiary/aromatic N) is 1. The van der Waals surface area contributed by atoms with Gasteiger partial charge in [-0.1, -0.05) is 0 Å². The first kappa shape index (κ1) is 15.3. The van der Waals surface area contributed by atoms with Gasteiger partial charge in [0.05, 0.1) is 12.1 Å². The Bertz CT molecular complexity index is 493. The third-order valence-corrected chi connectivity index (χ3v) is 6.69. The van der Waals surface area contributed by atoms with E-state index in [0.717, 1.165) is 37.0 Å². The summed E-state index contributed by atoms with van der Waals surface area (Å²) in [6.45, 7) is 5.56. The van der Waals surface area contributed by atoms with E-state index in [1.54, 1.807) is 4.90 Å². The van der Waals surface area contributed by atoms with Crippen molar-refractivity contribution in [2.75, 3.05) is 19.7 Å². The molecular formula is C18H28N2O3. The predicted octanol–water partition coefficient (Wildman–Crippen LogP) is 2.55. The van der Waals surface area contributed by atoms with Crippen LogP contribution in [0.25, 0.3) is 0 Å². The Hall–Kier alpha value is -1.26. The van der Waals surface area contributed by atoms with Crippen LogP contribution in [-0.2, 0) is 9.53 Å². The first-order valence-electron chi connectivity index (χ1n) is 9.11. The Kier molecular flexibility index (Phi) is 3.40. The van der Waals surface area contributed by atoms with Crippen molar-refractivity contribution in [1.29, 1.82) is 0 Å². The van der Waals surface area contributed by atoms with Gasteiger partial charge in [-0.15, -0.1) is 0 Å². The molecule has 0 radical (unpaired) electrons. The molecule has 4 saturated carbocycles. The third-order valence-electron chi connectivity index (χ3n) is 6.69. The number of ether oxygens (including phenoxy) is 1. The minimum absolute atomic E-state index is 0.115. The summed E-state index contributed by atoms with van der Waals surface area (Å²) in [5, 5.41) is 3.19. The maximum Gasteiger partial charge on any atom is 0.410 e. The second-order valence-electron chi connectivity index (χ2n) is 8.96. The lowest BCUT2D eigenvalue weighted by atomic mass is 9.49. The Balaban J connectivity index is 1.41. The summed E-state index contributed by atoms with van der Waals surface area (Å²) in [5.41, 5.74) is -0.512. The SMILES string of the molecule is CC(C)(CNC(=O)C12CC3CC(CC(C3)C1)C2)N1CCOC1=O. The molecule has 0 aromatic heterocycles. The zero-order chi connectivity index (χ0) is 16.2. The molecular weight excluding hydrogens is 292 g/mol. The third kappa shape index (κ3) is 2.52. The van der Waals surface area contributed by atoms with Gasteiger partial charge in [-0.3, -0.25) is 9.69 Å². The average Bonchev–Trinajstić information content (AvgIpc) is 2.90. The maximum absolute atomic E-state index is 13.0. The van der Waals surface area contributed by atoms with Gasteiger partial charge in [0.15, 0.2) is 0 Å². The van der Waals surface area contributed by atoms with Crippen LogP contribution in [0.4, 0.5) is 4.79 Å². The monoisotopic (exact) mass is 320 g/mol. The van der Waals surface area contributed by atoms with Crippen molar-refractivity contribution in [3.8, 4) is 0 Å². The molecule has 4 aliphatic carbocycles. The number of amides is 2. The standard InChI is InChI=1S/C18H28N2O3/c1-17(2,20-3-4-23-16(20)22)11-19-15(21)18-8-12-5-13(9-18)7-14(6-12)10-18/h12-14H,3-11H2,1-2H3,(H,19,21). The molecule has 1 aliphatic heterocycles. The highest BCUT2D eigenvalue weighted by atomic mass is 16.6. The van der Waals surface area contributed by atoms with Crippen molar-refractivity contribution in [3.63, 3.8) is 0 Å². The second kappa shape index (κ2) is 5.12. The summed E-state index contributed by atoms with van der Waals surface area (Å²) in [6.07, 6.45) is 7.01. The maximum atomic E-state index is 13.0. The lowest BCUT2D eigenvalue weighted by Crippen LogP contribution is -2.57. The lowest BCUT2D eigenvalue weighted by molar-refractivity contribution is -0.146. The molecule has 0 unspecified atom stereocenters. The molecule has 5 aliphatic rings. The fraction of sp³-hybridized carbons (Fsp3) is 0.889. The predicted molar refractivity (Wildman–Crippen MR) is 85.7 cm³/mol. The van der Waals surface area contributed by atoms with Crippen LogP contribution < -0.4 is 5.32 Å². The Morgan fingerprint density at radius 1 is 1.22 bits per heavy atom. The van der Waals surface area contributed by atoms with E-state index in [2.05, 4.69) is 5.32 Å². The van der Waals surface area contributed by atoms with Gasteiger partial charge in [0, 0.05) is 12.0 Å². The van der Waals surface area contributed by atoms with Crippen LogP contribution in [0.1, 0.15) is 52.4 Å². The van der Waals surface area contributed by atoms with E-state index in [4.69, 9.17) is 4.74 Å². The average molecular weight is 320 g/mol. The molecule has 5 heteroatoms. The van der Waals surface area contributed by atoms with E-state index >= 15 is 0 Å². The topological polar surface area (TPSA) is 58.6 Å². The highest BCUT2D eigenvalue weighted by Gasteiger charge is 2.54. The molecule has 0 aromatic carbocycles.